The number of hydrogen-bond donors (Lipinski definition) is 0. The topological polar surface area (TPSA) is 63.0 Å². The van der Waals surface area contributed by atoms with Crippen molar-refractivity contribution in [3.8, 4) is 5.75 Å². The first kappa shape index (κ1) is 20.0. The number of hydrogen-bond acceptors (Lipinski definition) is 5. The minimum absolute atomic E-state index is 0.00876. The van der Waals surface area contributed by atoms with Crippen LogP contribution in [0.15, 0.2) is 27.4 Å². The van der Waals surface area contributed by atoms with Crippen molar-refractivity contribution >= 4 is 22.6 Å². The first-order valence-electron chi connectivity index (χ1n) is 10.8. The maximum atomic E-state index is 13.1. The number of piperidine rings is 1. The van der Waals surface area contributed by atoms with Crippen LogP contribution < -0.4 is 15.3 Å². The number of benzene rings is 1. The van der Waals surface area contributed by atoms with Crippen LogP contribution in [0.25, 0.3) is 11.0 Å². The fourth-order valence-corrected chi connectivity index (χ4v) is 4.34. The van der Waals surface area contributed by atoms with Crippen molar-refractivity contribution in [1.29, 1.82) is 0 Å². The molecule has 1 aromatic heterocycles. The van der Waals surface area contributed by atoms with Crippen LogP contribution in [0.1, 0.15) is 45.1 Å². The lowest BCUT2D eigenvalue weighted by Crippen LogP contribution is -2.46. The second-order valence-corrected chi connectivity index (χ2v) is 8.33. The molecular weight excluding hydrogens is 368 g/mol. The van der Waals surface area contributed by atoms with E-state index >= 15 is 0 Å². The largest absolute Gasteiger partial charge is 0.494 e. The number of ether oxygens (including phenoxy) is 1. The van der Waals surface area contributed by atoms with Gasteiger partial charge in [0.25, 0.3) is 0 Å². The number of rotatable bonds is 5. The van der Waals surface area contributed by atoms with Crippen LogP contribution in [0, 0.1) is 5.92 Å². The van der Waals surface area contributed by atoms with Gasteiger partial charge in [-0.15, -0.1) is 0 Å². The van der Waals surface area contributed by atoms with Gasteiger partial charge < -0.3 is 14.1 Å². The molecule has 0 unspecified atom stereocenters. The maximum Gasteiger partial charge on any atom is 0.360 e. The second-order valence-electron chi connectivity index (χ2n) is 8.33. The summed E-state index contributed by atoms with van der Waals surface area (Å²) in [4.78, 5) is 29.7. The van der Waals surface area contributed by atoms with Gasteiger partial charge in [-0.1, -0.05) is 13.8 Å². The third-order valence-electron chi connectivity index (χ3n) is 6.05. The highest BCUT2D eigenvalue weighted by Crippen LogP contribution is 2.33. The third-order valence-corrected chi connectivity index (χ3v) is 6.05. The molecule has 0 saturated carbocycles. The monoisotopic (exact) mass is 398 g/mol. The van der Waals surface area contributed by atoms with Crippen molar-refractivity contribution in [2.24, 2.45) is 5.92 Å². The van der Waals surface area contributed by atoms with Crippen LogP contribution in [0.2, 0.25) is 0 Å². The van der Waals surface area contributed by atoms with E-state index in [9.17, 15) is 9.59 Å². The summed E-state index contributed by atoms with van der Waals surface area (Å²) in [6.45, 7) is 7.78. The normalized spacial score (nSPS) is 18.1. The molecule has 1 amide bonds. The van der Waals surface area contributed by atoms with Gasteiger partial charge in [0.2, 0.25) is 5.91 Å². The molecule has 0 aliphatic carbocycles. The van der Waals surface area contributed by atoms with E-state index in [0.29, 0.717) is 31.0 Å². The lowest BCUT2D eigenvalue weighted by molar-refractivity contribution is -0.120. The Balaban J connectivity index is 1.64. The first-order chi connectivity index (χ1) is 14.1. The molecule has 0 N–H and O–H groups in total. The number of carbonyl (C=O) groups excluding carboxylic acids is 1. The van der Waals surface area contributed by atoms with Crippen molar-refractivity contribution in [2.75, 3.05) is 37.7 Å². The molecule has 1 fully saturated rings. The van der Waals surface area contributed by atoms with Crippen molar-refractivity contribution in [3.05, 3.63) is 34.2 Å². The Morgan fingerprint density at radius 2 is 2.03 bits per heavy atom. The van der Waals surface area contributed by atoms with Gasteiger partial charge in [-0.3, -0.25) is 9.69 Å². The Kier molecular flexibility index (Phi) is 5.90. The van der Waals surface area contributed by atoms with E-state index in [-0.39, 0.29) is 5.91 Å². The Labute approximate surface area is 171 Å². The summed E-state index contributed by atoms with van der Waals surface area (Å²) in [5.41, 5.74) is 1.46. The van der Waals surface area contributed by atoms with Crippen LogP contribution in [0.4, 0.5) is 5.69 Å². The molecule has 0 atom stereocenters. The summed E-state index contributed by atoms with van der Waals surface area (Å²) in [6, 6.07) is 5.56. The number of anilines is 1. The van der Waals surface area contributed by atoms with Gasteiger partial charge >= 0.3 is 5.63 Å². The fourth-order valence-electron chi connectivity index (χ4n) is 4.34. The van der Waals surface area contributed by atoms with E-state index in [4.69, 9.17) is 9.15 Å². The van der Waals surface area contributed by atoms with Crippen LogP contribution in [-0.4, -0.2) is 43.6 Å². The van der Waals surface area contributed by atoms with Gasteiger partial charge in [-0.2, -0.15) is 0 Å². The molecule has 2 aliphatic heterocycles. The van der Waals surface area contributed by atoms with Crippen LogP contribution in [0.5, 0.6) is 5.75 Å². The van der Waals surface area contributed by atoms with E-state index in [1.807, 2.05) is 12.1 Å². The molecule has 156 valence electrons. The highest BCUT2D eigenvalue weighted by atomic mass is 16.5. The first-order valence-corrected chi connectivity index (χ1v) is 10.8. The SMILES string of the molecule is CCCOc1ccc2oc(=O)c3c(c2c1)CCCN3C(=O)CN1CCC(C)CC1. The van der Waals surface area contributed by atoms with E-state index in [1.54, 1.807) is 11.0 Å². The summed E-state index contributed by atoms with van der Waals surface area (Å²) in [6.07, 6.45) is 4.78. The lowest BCUT2D eigenvalue weighted by atomic mass is 9.98. The van der Waals surface area contributed by atoms with Gasteiger partial charge in [0.15, 0.2) is 0 Å². The van der Waals surface area contributed by atoms with Crippen LogP contribution in [-0.2, 0) is 11.2 Å². The van der Waals surface area contributed by atoms with E-state index in [1.165, 1.54) is 0 Å². The van der Waals surface area contributed by atoms with Crippen molar-refractivity contribution in [2.45, 2.75) is 46.0 Å². The molecule has 3 heterocycles. The van der Waals surface area contributed by atoms with Crippen molar-refractivity contribution in [1.82, 2.24) is 4.90 Å². The summed E-state index contributed by atoms with van der Waals surface area (Å²) >= 11 is 0. The molecule has 29 heavy (non-hydrogen) atoms. The molecule has 0 spiro atoms. The van der Waals surface area contributed by atoms with Gasteiger partial charge in [-0.25, -0.2) is 4.79 Å². The number of nitrogens with zero attached hydrogens (tertiary/aromatic N) is 2. The highest BCUT2D eigenvalue weighted by molar-refractivity contribution is 5.98. The Morgan fingerprint density at radius 3 is 2.79 bits per heavy atom. The number of aryl methyl sites for hydroxylation is 1. The zero-order chi connectivity index (χ0) is 20.4. The quantitative estimate of drug-likeness (QED) is 0.720. The number of amides is 1. The molecule has 2 aromatic rings. The van der Waals surface area contributed by atoms with Gasteiger partial charge in [0.05, 0.1) is 13.2 Å². The Morgan fingerprint density at radius 1 is 1.24 bits per heavy atom. The maximum absolute atomic E-state index is 13.1. The number of likely N-dealkylation sites (tertiary alicyclic amines) is 1. The summed E-state index contributed by atoms with van der Waals surface area (Å²) in [7, 11) is 0. The Hall–Kier alpha value is -2.34. The smallest absolute Gasteiger partial charge is 0.360 e. The zero-order valence-electron chi connectivity index (χ0n) is 17.4. The van der Waals surface area contributed by atoms with E-state index < -0.39 is 5.63 Å². The molecule has 1 aromatic carbocycles. The molecule has 4 rings (SSSR count). The van der Waals surface area contributed by atoms with Gasteiger partial charge in [-0.05, 0) is 74.9 Å². The average molecular weight is 399 g/mol. The zero-order valence-corrected chi connectivity index (χ0v) is 17.4. The second kappa shape index (κ2) is 8.57. The summed E-state index contributed by atoms with van der Waals surface area (Å²) in [5, 5.41) is 0.873. The summed E-state index contributed by atoms with van der Waals surface area (Å²) < 4.78 is 11.3. The minimum Gasteiger partial charge on any atom is -0.494 e. The number of fused-ring (bicyclic) bond motifs is 3. The fraction of sp³-hybridized carbons (Fsp3) is 0.565. The lowest BCUT2D eigenvalue weighted by Gasteiger charge is -2.33. The number of carbonyl (C=O) groups is 1. The molecule has 2 aliphatic rings. The predicted molar refractivity (Wildman–Crippen MR) is 114 cm³/mol. The minimum atomic E-state index is -0.421. The van der Waals surface area contributed by atoms with E-state index in [0.717, 1.165) is 67.8 Å². The van der Waals surface area contributed by atoms with Gasteiger partial charge in [0.1, 0.15) is 17.0 Å². The molecule has 1 saturated heterocycles. The standard InChI is InChI=1S/C23H30N2O4/c1-3-13-28-17-6-7-20-19(14-17)18-5-4-10-25(22(18)23(27)29-20)21(26)15-24-11-8-16(2)9-12-24/h6-7,14,16H,3-5,8-13,15H2,1-2H3. The summed E-state index contributed by atoms with van der Waals surface area (Å²) in [5.74, 6) is 1.48. The molecule has 0 radical (unpaired) electrons. The predicted octanol–water partition coefficient (Wildman–Crippen LogP) is 3.59. The van der Waals surface area contributed by atoms with Crippen molar-refractivity contribution < 1.29 is 13.9 Å². The highest BCUT2D eigenvalue weighted by Gasteiger charge is 2.30. The Bertz CT molecular complexity index is 944. The average Bonchev–Trinajstić information content (AvgIpc) is 2.73. The van der Waals surface area contributed by atoms with Crippen LogP contribution >= 0.6 is 0 Å². The molecule has 6 heteroatoms. The van der Waals surface area contributed by atoms with Gasteiger partial charge in [0, 0.05) is 11.9 Å². The van der Waals surface area contributed by atoms with Crippen LogP contribution in [0.3, 0.4) is 0 Å². The molecular formula is C23H30N2O4. The molecule has 6 nitrogen and oxygen atoms in total. The van der Waals surface area contributed by atoms with Crippen molar-refractivity contribution in [3.63, 3.8) is 0 Å². The molecule has 0 bridgehead atoms. The van der Waals surface area contributed by atoms with E-state index in [2.05, 4.69) is 18.7 Å². The third kappa shape index (κ3) is 4.17.